The summed E-state index contributed by atoms with van der Waals surface area (Å²) < 4.78 is 5.32. The quantitative estimate of drug-likeness (QED) is 0.358. The Bertz CT molecular complexity index is 244. The summed E-state index contributed by atoms with van der Waals surface area (Å²) in [4.78, 5) is 11.5. The van der Waals surface area contributed by atoms with E-state index in [4.69, 9.17) is 4.74 Å². The van der Waals surface area contributed by atoms with E-state index in [1.54, 1.807) is 0 Å². The minimum Gasteiger partial charge on any atom is -0.469 e. The van der Waals surface area contributed by atoms with Gasteiger partial charge in [0.1, 0.15) is 8.07 Å². The molecule has 0 aliphatic rings. The molecule has 0 aliphatic heterocycles. The number of aliphatic hydroxyl groups excluding tert-OH is 1. The molecule has 0 fully saturated rings. The van der Waals surface area contributed by atoms with Gasteiger partial charge in [0.2, 0.25) is 0 Å². The molecular formula is C15H32O3Si. The van der Waals surface area contributed by atoms with E-state index < -0.39 is 8.07 Å². The van der Waals surface area contributed by atoms with Crippen molar-refractivity contribution in [3.8, 4) is 0 Å². The minimum absolute atomic E-state index is 0.0778. The smallest absolute Gasteiger partial charge is 0.308 e. The predicted molar refractivity (Wildman–Crippen MR) is 82.7 cm³/mol. The van der Waals surface area contributed by atoms with Crippen molar-refractivity contribution in [3.05, 3.63) is 0 Å². The Labute approximate surface area is 119 Å². The second-order valence-electron chi connectivity index (χ2n) is 6.25. The van der Waals surface area contributed by atoms with Gasteiger partial charge in [-0.3, -0.25) is 4.79 Å². The third-order valence-electron chi connectivity index (χ3n) is 3.55. The van der Waals surface area contributed by atoms with Gasteiger partial charge in [0, 0.05) is 6.23 Å². The van der Waals surface area contributed by atoms with Crippen LogP contribution in [0.2, 0.25) is 12.6 Å². The van der Waals surface area contributed by atoms with Gasteiger partial charge < -0.3 is 9.84 Å². The van der Waals surface area contributed by atoms with E-state index in [0.717, 1.165) is 12.5 Å². The van der Waals surface area contributed by atoms with E-state index in [0.29, 0.717) is 6.23 Å². The number of hydrogen-bond acceptors (Lipinski definition) is 3. The van der Waals surface area contributed by atoms with Crippen LogP contribution < -0.4 is 0 Å². The lowest BCUT2D eigenvalue weighted by molar-refractivity contribution is -0.145. The number of esters is 1. The first-order chi connectivity index (χ1) is 8.95. The van der Waals surface area contributed by atoms with Gasteiger partial charge in [0.25, 0.3) is 0 Å². The van der Waals surface area contributed by atoms with E-state index in [9.17, 15) is 9.90 Å². The molecule has 1 atom stereocenters. The fourth-order valence-corrected chi connectivity index (χ4v) is 3.93. The molecule has 0 heterocycles. The fourth-order valence-electron chi connectivity index (χ4n) is 1.94. The lowest BCUT2D eigenvalue weighted by atomic mass is 10.1. The molecule has 114 valence electrons. The van der Waals surface area contributed by atoms with Gasteiger partial charge in [-0.2, -0.15) is 0 Å². The molecule has 0 rings (SSSR count). The van der Waals surface area contributed by atoms with Crippen LogP contribution >= 0.6 is 0 Å². The average molecular weight is 289 g/mol. The van der Waals surface area contributed by atoms with Crippen LogP contribution in [0.15, 0.2) is 0 Å². The topological polar surface area (TPSA) is 46.5 Å². The van der Waals surface area contributed by atoms with Crippen LogP contribution in [-0.2, 0) is 9.53 Å². The summed E-state index contributed by atoms with van der Waals surface area (Å²) in [6.07, 6.45) is 8.27. The molecule has 0 amide bonds. The molecule has 0 aromatic carbocycles. The second-order valence-corrected chi connectivity index (χ2v) is 11.0. The Morgan fingerprint density at radius 1 is 1.16 bits per heavy atom. The third-order valence-corrected chi connectivity index (χ3v) is 6.72. The van der Waals surface area contributed by atoms with E-state index in [1.165, 1.54) is 32.1 Å². The highest BCUT2D eigenvalue weighted by molar-refractivity contribution is 6.78. The molecule has 1 N–H and O–H groups in total. The van der Waals surface area contributed by atoms with Crippen molar-refractivity contribution < 1.29 is 14.6 Å². The number of carbonyl (C=O) groups is 1. The van der Waals surface area contributed by atoms with Gasteiger partial charge in [-0.1, -0.05) is 71.9 Å². The Kier molecular flexibility index (Phi) is 10.2. The number of aliphatic hydroxyl groups is 1. The molecular weight excluding hydrogens is 256 g/mol. The van der Waals surface area contributed by atoms with Gasteiger partial charge in [-0.15, -0.1) is 0 Å². The zero-order valence-electron chi connectivity index (χ0n) is 13.2. The Morgan fingerprint density at radius 3 is 2.26 bits per heavy atom. The summed E-state index contributed by atoms with van der Waals surface area (Å²) in [5.41, 5.74) is 0. The minimum atomic E-state index is -1.79. The standard InChI is InChI=1S/C15H32O3Si/c1-5-6-7-8-9-10-11-19(4,12-16)13-18-15(17)14(2)3/h14,16H,5-13H2,1-4H3. The lowest BCUT2D eigenvalue weighted by Crippen LogP contribution is -2.42. The summed E-state index contributed by atoms with van der Waals surface area (Å²) in [6, 6.07) is 1.06. The van der Waals surface area contributed by atoms with Crippen molar-refractivity contribution in [1.29, 1.82) is 0 Å². The maximum atomic E-state index is 11.5. The van der Waals surface area contributed by atoms with Crippen LogP contribution in [0.5, 0.6) is 0 Å². The number of hydrogen-bond donors (Lipinski definition) is 1. The maximum Gasteiger partial charge on any atom is 0.308 e. The highest BCUT2D eigenvalue weighted by Gasteiger charge is 2.28. The number of rotatable bonds is 11. The van der Waals surface area contributed by atoms with Gasteiger partial charge in [-0.25, -0.2) is 0 Å². The average Bonchev–Trinajstić information content (AvgIpc) is 2.40. The summed E-state index contributed by atoms with van der Waals surface area (Å²) >= 11 is 0. The molecule has 0 saturated heterocycles. The van der Waals surface area contributed by atoms with E-state index >= 15 is 0 Å². The lowest BCUT2D eigenvalue weighted by Gasteiger charge is -2.24. The van der Waals surface area contributed by atoms with Crippen LogP contribution in [-0.4, -0.2) is 31.6 Å². The molecule has 0 radical (unpaired) electrons. The highest BCUT2D eigenvalue weighted by atomic mass is 28.3. The van der Waals surface area contributed by atoms with Crippen LogP contribution in [0.1, 0.15) is 59.3 Å². The Hall–Kier alpha value is -0.353. The third kappa shape index (κ3) is 9.22. The molecule has 0 aliphatic carbocycles. The zero-order valence-corrected chi connectivity index (χ0v) is 14.2. The first kappa shape index (κ1) is 18.6. The van der Waals surface area contributed by atoms with Crippen LogP contribution in [0, 0.1) is 5.92 Å². The Balaban J connectivity index is 3.85. The number of carbonyl (C=O) groups excluding carboxylic acids is 1. The van der Waals surface area contributed by atoms with Crippen LogP contribution in [0.3, 0.4) is 0 Å². The molecule has 1 unspecified atom stereocenters. The maximum absolute atomic E-state index is 11.5. The van der Waals surface area contributed by atoms with E-state index in [-0.39, 0.29) is 18.1 Å². The first-order valence-corrected chi connectivity index (χ1v) is 10.8. The number of unbranched alkanes of at least 4 members (excludes halogenated alkanes) is 5. The largest absolute Gasteiger partial charge is 0.469 e. The van der Waals surface area contributed by atoms with Gasteiger partial charge in [0.15, 0.2) is 0 Å². The molecule has 0 bridgehead atoms. The van der Waals surface area contributed by atoms with Crippen molar-refractivity contribution in [3.63, 3.8) is 0 Å². The second kappa shape index (κ2) is 10.4. The molecule has 19 heavy (non-hydrogen) atoms. The first-order valence-electron chi connectivity index (χ1n) is 7.72. The van der Waals surface area contributed by atoms with E-state index in [2.05, 4.69) is 13.5 Å². The van der Waals surface area contributed by atoms with Crippen molar-refractivity contribution in [2.45, 2.75) is 71.9 Å². The van der Waals surface area contributed by atoms with Crippen LogP contribution in [0.4, 0.5) is 0 Å². The molecule has 0 saturated carbocycles. The fraction of sp³-hybridized carbons (Fsp3) is 0.933. The van der Waals surface area contributed by atoms with E-state index in [1.807, 2.05) is 13.8 Å². The summed E-state index contributed by atoms with van der Waals surface area (Å²) in [7, 11) is -1.79. The summed E-state index contributed by atoms with van der Waals surface area (Å²) in [5, 5.41) is 9.55. The van der Waals surface area contributed by atoms with Crippen molar-refractivity contribution in [1.82, 2.24) is 0 Å². The summed E-state index contributed by atoms with van der Waals surface area (Å²) in [5.74, 6) is -0.221. The van der Waals surface area contributed by atoms with Crippen molar-refractivity contribution in [2.75, 3.05) is 12.5 Å². The van der Waals surface area contributed by atoms with Gasteiger partial charge in [0.05, 0.1) is 12.1 Å². The normalized spacial score (nSPS) is 14.4. The molecule has 3 nitrogen and oxygen atoms in total. The van der Waals surface area contributed by atoms with Gasteiger partial charge >= 0.3 is 5.97 Å². The SMILES string of the molecule is CCCCCCCC[Si](C)(CO)COC(=O)C(C)C. The van der Waals surface area contributed by atoms with Crippen molar-refractivity contribution >= 4 is 14.0 Å². The predicted octanol–water partition coefficient (Wildman–Crippen LogP) is 3.70. The highest BCUT2D eigenvalue weighted by Crippen LogP contribution is 2.17. The molecule has 4 heteroatoms. The molecule has 0 aromatic rings. The molecule has 0 aromatic heterocycles. The monoisotopic (exact) mass is 288 g/mol. The summed E-state index contributed by atoms with van der Waals surface area (Å²) in [6.45, 7) is 8.03. The van der Waals surface area contributed by atoms with Crippen molar-refractivity contribution in [2.24, 2.45) is 5.92 Å². The molecule has 0 spiro atoms. The Morgan fingerprint density at radius 2 is 1.74 bits per heavy atom. The zero-order chi connectivity index (χ0) is 14.7. The van der Waals surface area contributed by atoms with Gasteiger partial charge in [-0.05, 0) is 0 Å². The van der Waals surface area contributed by atoms with Crippen LogP contribution in [0.25, 0.3) is 0 Å². The number of ether oxygens (including phenoxy) is 1.